The molecule has 0 spiro atoms. The third kappa shape index (κ3) is 3.81. The van der Waals surface area contributed by atoms with Crippen molar-refractivity contribution in [2.75, 3.05) is 5.32 Å². The molecule has 146 valence electrons. The van der Waals surface area contributed by atoms with Crippen molar-refractivity contribution < 1.29 is 22.4 Å². The molecule has 1 N–H and O–H groups in total. The van der Waals surface area contributed by atoms with Gasteiger partial charge in [-0.05, 0) is 30.3 Å². The van der Waals surface area contributed by atoms with Gasteiger partial charge in [-0.3, -0.25) is 15.1 Å². The Kier molecular flexibility index (Phi) is 4.75. The molecule has 4 rings (SSSR count). The van der Waals surface area contributed by atoms with Crippen LogP contribution in [0.15, 0.2) is 60.1 Å². The molecule has 0 aliphatic heterocycles. The highest BCUT2D eigenvalue weighted by Gasteiger charge is 2.37. The number of carbonyl (C=O) groups excluding carboxylic acids is 1. The summed E-state index contributed by atoms with van der Waals surface area (Å²) in [7, 11) is 0. The molecule has 0 saturated carbocycles. The first kappa shape index (κ1) is 19.0. The van der Waals surface area contributed by atoms with Gasteiger partial charge in [0, 0.05) is 22.5 Å². The lowest BCUT2D eigenvalue weighted by atomic mass is 10.0. The molecule has 0 saturated heterocycles. The molecule has 0 radical (unpaired) electrons. The van der Waals surface area contributed by atoms with E-state index >= 15 is 0 Å². The SMILES string of the molecule is O=C(Nc1nc(-c2ccc(F)cc2)cs1)c1cnc2ccccc2c1C(F)(F)F. The van der Waals surface area contributed by atoms with E-state index in [2.05, 4.69) is 15.3 Å². The number of benzene rings is 2. The van der Waals surface area contributed by atoms with Gasteiger partial charge in [0.25, 0.3) is 5.91 Å². The summed E-state index contributed by atoms with van der Waals surface area (Å²) in [5.41, 5.74) is -0.403. The maximum Gasteiger partial charge on any atom is 0.417 e. The summed E-state index contributed by atoms with van der Waals surface area (Å²) in [6, 6.07) is 11.3. The zero-order valence-electron chi connectivity index (χ0n) is 14.5. The van der Waals surface area contributed by atoms with Crippen LogP contribution in [0.4, 0.5) is 22.7 Å². The molecule has 2 aromatic carbocycles. The van der Waals surface area contributed by atoms with Crippen molar-refractivity contribution in [2.45, 2.75) is 6.18 Å². The summed E-state index contributed by atoms with van der Waals surface area (Å²) >= 11 is 1.05. The van der Waals surface area contributed by atoms with E-state index in [1.807, 2.05) is 0 Å². The lowest BCUT2D eigenvalue weighted by molar-refractivity contribution is -0.136. The minimum absolute atomic E-state index is 0.121. The van der Waals surface area contributed by atoms with Crippen molar-refractivity contribution >= 4 is 33.3 Å². The van der Waals surface area contributed by atoms with Crippen LogP contribution in [-0.4, -0.2) is 15.9 Å². The van der Waals surface area contributed by atoms with E-state index in [4.69, 9.17) is 0 Å². The number of carbonyl (C=O) groups is 1. The molecule has 2 heterocycles. The van der Waals surface area contributed by atoms with Crippen LogP contribution in [-0.2, 0) is 6.18 Å². The van der Waals surface area contributed by atoms with Gasteiger partial charge in [0.2, 0.25) is 0 Å². The zero-order valence-corrected chi connectivity index (χ0v) is 15.3. The van der Waals surface area contributed by atoms with Crippen LogP contribution >= 0.6 is 11.3 Å². The van der Waals surface area contributed by atoms with E-state index in [1.54, 1.807) is 11.4 Å². The number of hydrogen-bond donors (Lipinski definition) is 1. The fourth-order valence-electron chi connectivity index (χ4n) is 2.87. The van der Waals surface area contributed by atoms with Crippen LogP contribution in [0.1, 0.15) is 15.9 Å². The molecule has 0 aliphatic rings. The predicted molar refractivity (Wildman–Crippen MR) is 102 cm³/mol. The van der Waals surface area contributed by atoms with E-state index < -0.39 is 29.0 Å². The molecule has 2 aromatic heterocycles. The first-order valence-corrected chi connectivity index (χ1v) is 9.18. The number of nitrogens with zero attached hydrogens (tertiary/aromatic N) is 2. The topological polar surface area (TPSA) is 54.9 Å². The van der Waals surface area contributed by atoms with Crippen LogP contribution in [0.25, 0.3) is 22.2 Å². The Morgan fingerprint density at radius 3 is 2.48 bits per heavy atom. The maximum atomic E-state index is 13.7. The first-order valence-electron chi connectivity index (χ1n) is 8.30. The largest absolute Gasteiger partial charge is 0.417 e. The van der Waals surface area contributed by atoms with E-state index in [9.17, 15) is 22.4 Å². The van der Waals surface area contributed by atoms with Gasteiger partial charge < -0.3 is 0 Å². The third-order valence-corrected chi connectivity index (χ3v) is 4.93. The molecule has 4 aromatic rings. The number of para-hydroxylation sites is 1. The highest BCUT2D eigenvalue weighted by atomic mass is 32.1. The van der Waals surface area contributed by atoms with E-state index in [1.165, 1.54) is 42.5 Å². The van der Waals surface area contributed by atoms with Crippen LogP contribution < -0.4 is 5.32 Å². The average Bonchev–Trinajstić information content (AvgIpc) is 3.15. The number of pyridine rings is 1. The lowest BCUT2D eigenvalue weighted by Crippen LogP contribution is -2.19. The van der Waals surface area contributed by atoms with Crippen molar-refractivity contribution in [3.63, 3.8) is 0 Å². The van der Waals surface area contributed by atoms with Crippen LogP contribution in [0.5, 0.6) is 0 Å². The summed E-state index contributed by atoms with van der Waals surface area (Å²) in [5.74, 6) is -1.36. The first-order chi connectivity index (χ1) is 13.8. The standard InChI is InChI=1S/C20H11F4N3OS/c21-12-7-5-11(6-8-12)16-10-29-19(26-16)27-18(28)14-9-25-15-4-2-1-3-13(15)17(14)20(22,23)24/h1-10H,(H,26,27,28). The molecule has 9 heteroatoms. The summed E-state index contributed by atoms with van der Waals surface area (Å²) in [5, 5.41) is 3.98. The fraction of sp³-hybridized carbons (Fsp3) is 0.0500. The Balaban J connectivity index is 1.67. The lowest BCUT2D eigenvalue weighted by Gasteiger charge is -2.14. The summed E-state index contributed by atoms with van der Waals surface area (Å²) < 4.78 is 54.1. The van der Waals surface area contributed by atoms with Gasteiger partial charge in [-0.25, -0.2) is 9.37 Å². The predicted octanol–water partition coefficient (Wildman–Crippen LogP) is 5.77. The Morgan fingerprint density at radius 2 is 1.76 bits per heavy atom. The van der Waals surface area contributed by atoms with Gasteiger partial charge in [0.05, 0.1) is 22.3 Å². The molecule has 0 bridgehead atoms. The van der Waals surface area contributed by atoms with E-state index in [0.29, 0.717) is 11.3 Å². The molecular formula is C20H11F4N3OS. The number of aromatic nitrogens is 2. The summed E-state index contributed by atoms with van der Waals surface area (Å²) in [4.78, 5) is 20.7. The average molecular weight is 417 g/mol. The minimum Gasteiger partial charge on any atom is -0.298 e. The number of rotatable bonds is 3. The number of halogens is 4. The Morgan fingerprint density at radius 1 is 1.03 bits per heavy atom. The minimum atomic E-state index is -4.74. The van der Waals surface area contributed by atoms with Gasteiger partial charge in [0.15, 0.2) is 5.13 Å². The Labute approximate surface area is 165 Å². The molecule has 29 heavy (non-hydrogen) atoms. The Hall–Kier alpha value is -3.33. The zero-order chi connectivity index (χ0) is 20.6. The van der Waals surface area contributed by atoms with Crippen LogP contribution in [0.3, 0.4) is 0 Å². The number of amides is 1. The molecule has 0 atom stereocenters. The molecule has 4 nitrogen and oxygen atoms in total. The van der Waals surface area contributed by atoms with Crippen molar-refractivity contribution in [3.05, 3.63) is 77.1 Å². The number of anilines is 1. The Bertz CT molecular complexity index is 1200. The fourth-order valence-corrected chi connectivity index (χ4v) is 3.58. The molecule has 0 fully saturated rings. The van der Waals surface area contributed by atoms with Crippen LogP contribution in [0.2, 0.25) is 0 Å². The van der Waals surface area contributed by atoms with Crippen molar-refractivity contribution in [1.29, 1.82) is 0 Å². The molecular weight excluding hydrogens is 406 g/mol. The van der Waals surface area contributed by atoms with Crippen LogP contribution in [0, 0.1) is 5.82 Å². The monoisotopic (exact) mass is 417 g/mol. The molecule has 1 amide bonds. The second kappa shape index (κ2) is 7.25. The summed E-state index contributed by atoms with van der Waals surface area (Å²) in [6.45, 7) is 0. The normalized spacial score (nSPS) is 11.6. The number of nitrogens with one attached hydrogen (secondary N) is 1. The van der Waals surface area contributed by atoms with Gasteiger partial charge in [0.1, 0.15) is 5.82 Å². The summed E-state index contributed by atoms with van der Waals surface area (Å²) in [6.07, 6.45) is -3.83. The molecule has 0 unspecified atom stereocenters. The van der Waals surface area contributed by atoms with Crippen molar-refractivity contribution in [2.24, 2.45) is 0 Å². The van der Waals surface area contributed by atoms with Gasteiger partial charge in [-0.2, -0.15) is 13.2 Å². The second-order valence-electron chi connectivity index (χ2n) is 6.06. The third-order valence-electron chi connectivity index (χ3n) is 4.17. The number of hydrogen-bond acceptors (Lipinski definition) is 4. The highest BCUT2D eigenvalue weighted by Crippen LogP contribution is 2.37. The highest BCUT2D eigenvalue weighted by molar-refractivity contribution is 7.14. The van der Waals surface area contributed by atoms with E-state index in [0.717, 1.165) is 17.5 Å². The van der Waals surface area contributed by atoms with Gasteiger partial charge in [-0.15, -0.1) is 11.3 Å². The number of thiazole rings is 1. The van der Waals surface area contributed by atoms with Crippen molar-refractivity contribution in [1.82, 2.24) is 9.97 Å². The quantitative estimate of drug-likeness (QED) is 0.431. The van der Waals surface area contributed by atoms with Crippen molar-refractivity contribution in [3.8, 4) is 11.3 Å². The number of alkyl halides is 3. The maximum absolute atomic E-state index is 13.7. The number of fused-ring (bicyclic) bond motifs is 1. The smallest absolute Gasteiger partial charge is 0.298 e. The van der Waals surface area contributed by atoms with E-state index in [-0.39, 0.29) is 16.0 Å². The second-order valence-corrected chi connectivity index (χ2v) is 6.92. The molecule has 0 aliphatic carbocycles. The van der Waals surface area contributed by atoms with Gasteiger partial charge in [-0.1, -0.05) is 18.2 Å². The van der Waals surface area contributed by atoms with Gasteiger partial charge >= 0.3 is 6.18 Å².